The SMILES string of the molecule is C#CCO[C@H]1C[C@H](n2cc(C(F)(F)F)c(=O)[nH]c2=O)O[C@@H]1COC(=S)c1ccc(C)cc1. The Bertz CT molecular complexity index is 1130. The van der Waals surface area contributed by atoms with E-state index in [0.29, 0.717) is 16.3 Å². The molecule has 0 spiro atoms. The normalized spacial score (nSPS) is 20.7. The summed E-state index contributed by atoms with van der Waals surface area (Å²) in [6.45, 7) is 1.77. The molecule has 0 aliphatic carbocycles. The minimum atomic E-state index is -4.94. The lowest BCUT2D eigenvalue weighted by molar-refractivity contribution is -0.139. The number of H-pyrrole nitrogens is 1. The van der Waals surface area contributed by atoms with Crippen molar-refractivity contribution in [2.45, 2.75) is 38.0 Å². The van der Waals surface area contributed by atoms with E-state index in [0.717, 1.165) is 5.56 Å². The molecule has 1 aliphatic heterocycles. The van der Waals surface area contributed by atoms with Crippen molar-refractivity contribution in [3.05, 3.63) is 68.0 Å². The third-order valence-corrected chi connectivity index (χ3v) is 5.16. The predicted molar refractivity (Wildman–Crippen MR) is 112 cm³/mol. The van der Waals surface area contributed by atoms with Gasteiger partial charge in [0.2, 0.25) is 0 Å². The number of aromatic amines is 1. The topological polar surface area (TPSA) is 82.6 Å². The van der Waals surface area contributed by atoms with E-state index in [1.807, 2.05) is 19.1 Å². The van der Waals surface area contributed by atoms with Gasteiger partial charge in [0.05, 0.1) is 6.10 Å². The van der Waals surface area contributed by atoms with Crippen molar-refractivity contribution < 1.29 is 27.4 Å². The van der Waals surface area contributed by atoms with E-state index in [1.165, 1.54) is 0 Å². The molecule has 32 heavy (non-hydrogen) atoms. The van der Waals surface area contributed by atoms with Crippen molar-refractivity contribution in [3.63, 3.8) is 0 Å². The summed E-state index contributed by atoms with van der Waals surface area (Å²) in [4.78, 5) is 25.4. The van der Waals surface area contributed by atoms with Crippen LogP contribution in [0, 0.1) is 19.3 Å². The monoisotopic (exact) mass is 468 g/mol. The molecule has 11 heteroatoms. The van der Waals surface area contributed by atoms with Gasteiger partial charge in [0, 0.05) is 18.2 Å². The van der Waals surface area contributed by atoms with Crippen LogP contribution in [-0.4, -0.2) is 40.0 Å². The average molecular weight is 468 g/mol. The molecule has 1 N–H and O–H groups in total. The molecule has 170 valence electrons. The van der Waals surface area contributed by atoms with E-state index < -0.39 is 41.4 Å². The van der Waals surface area contributed by atoms with Crippen LogP contribution in [0.15, 0.2) is 40.1 Å². The van der Waals surface area contributed by atoms with Crippen molar-refractivity contribution in [1.29, 1.82) is 0 Å². The number of aryl methyl sites for hydroxylation is 1. The lowest BCUT2D eigenvalue weighted by atomic mass is 10.1. The molecule has 2 heterocycles. The molecule has 1 fully saturated rings. The van der Waals surface area contributed by atoms with Crippen LogP contribution in [0.2, 0.25) is 0 Å². The van der Waals surface area contributed by atoms with Crippen molar-refractivity contribution in [2.75, 3.05) is 13.2 Å². The predicted octanol–water partition coefficient (Wildman–Crippen LogP) is 2.56. The molecule has 0 amide bonds. The summed E-state index contributed by atoms with van der Waals surface area (Å²) < 4.78 is 56.9. The third-order valence-electron chi connectivity index (χ3n) is 4.81. The molecule has 1 aromatic carbocycles. The maximum absolute atomic E-state index is 13.1. The fourth-order valence-corrected chi connectivity index (χ4v) is 3.39. The van der Waals surface area contributed by atoms with E-state index in [-0.39, 0.29) is 24.7 Å². The van der Waals surface area contributed by atoms with Gasteiger partial charge in [0.15, 0.2) is 5.05 Å². The standard InChI is InChI=1S/C21H19F3N2O5S/c1-3-8-29-15-9-17(26-10-14(21(22,23)24)18(27)25-20(26)28)31-16(15)11-30-19(32)13-6-4-12(2)5-7-13/h1,4-7,10,15-17H,8-9,11H2,2H3,(H,25,27,28)/t15-,16+,17+/m0/s1. The highest BCUT2D eigenvalue weighted by atomic mass is 32.1. The van der Waals surface area contributed by atoms with Crippen LogP contribution in [0.25, 0.3) is 0 Å². The van der Waals surface area contributed by atoms with Crippen LogP contribution in [0.3, 0.4) is 0 Å². The van der Waals surface area contributed by atoms with Gasteiger partial charge in [-0.1, -0.05) is 35.7 Å². The van der Waals surface area contributed by atoms with Gasteiger partial charge >= 0.3 is 11.9 Å². The number of benzene rings is 1. The molecule has 7 nitrogen and oxygen atoms in total. The smallest absolute Gasteiger partial charge is 0.423 e. The Hall–Kier alpha value is -2.94. The number of terminal acetylenes is 1. The Labute approximate surface area is 186 Å². The van der Waals surface area contributed by atoms with Gasteiger partial charge in [-0.05, 0) is 19.1 Å². The van der Waals surface area contributed by atoms with Gasteiger partial charge in [-0.2, -0.15) is 13.2 Å². The molecule has 0 saturated carbocycles. The third kappa shape index (κ3) is 5.45. The summed E-state index contributed by atoms with van der Waals surface area (Å²) in [5.41, 5.74) is -2.36. The van der Waals surface area contributed by atoms with Crippen molar-refractivity contribution >= 4 is 17.3 Å². The number of nitrogens with one attached hydrogen (secondary N) is 1. The molecular weight excluding hydrogens is 449 g/mol. The first-order valence-electron chi connectivity index (χ1n) is 9.47. The Morgan fingerprint density at radius 2 is 2.03 bits per heavy atom. The number of thiocarbonyl (C=S) groups is 1. The first-order chi connectivity index (χ1) is 15.1. The number of aromatic nitrogens is 2. The number of ether oxygens (including phenoxy) is 3. The minimum absolute atomic E-state index is 0.0102. The van der Waals surface area contributed by atoms with Crippen molar-refractivity contribution in [3.8, 4) is 12.3 Å². The fourth-order valence-electron chi connectivity index (χ4n) is 3.18. The summed E-state index contributed by atoms with van der Waals surface area (Å²) in [7, 11) is 0. The van der Waals surface area contributed by atoms with Crippen molar-refractivity contribution in [1.82, 2.24) is 9.55 Å². The largest absolute Gasteiger partial charge is 0.480 e. The van der Waals surface area contributed by atoms with E-state index in [4.69, 9.17) is 32.9 Å². The first kappa shape index (κ1) is 23.7. The minimum Gasteiger partial charge on any atom is -0.480 e. The average Bonchev–Trinajstić information content (AvgIpc) is 3.12. The Morgan fingerprint density at radius 3 is 2.66 bits per heavy atom. The van der Waals surface area contributed by atoms with E-state index in [2.05, 4.69) is 5.92 Å². The van der Waals surface area contributed by atoms with Crippen LogP contribution in [0.5, 0.6) is 0 Å². The van der Waals surface area contributed by atoms with Gasteiger partial charge < -0.3 is 14.2 Å². The summed E-state index contributed by atoms with van der Waals surface area (Å²) in [6.07, 6.45) is -1.85. The second-order valence-electron chi connectivity index (χ2n) is 7.09. The summed E-state index contributed by atoms with van der Waals surface area (Å²) in [6, 6.07) is 7.32. The maximum Gasteiger partial charge on any atom is 0.423 e. The molecule has 1 saturated heterocycles. The van der Waals surface area contributed by atoms with Gasteiger partial charge in [-0.3, -0.25) is 14.3 Å². The lowest BCUT2D eigenvalue weighted by Crippen LogP contribution is -2.36. The zero-order chi connectivity index (χ0) is 23.5. The first-order valence-corrected chi connectivity index (χ1v) is 9.88. The summed E-state index contributed by atoms with van der Waals surface area (Å²) >= 11 is 5.27. The van der Waals surface area contributed by atoms with Gasteiger partial charge in [0.25, 0.3) is 5.56 Å². The number of alkyl halides is 3. The quantitative estimate of drug-likeness (QED) is 0.519. The lowest BCUT2D eigenvalue weighted by Gasteiger charge is -2.19. The Kier molecular flexibility index (Phi) is 7.18. The van der Waals surface area contributed by atoms with E-state index in [9.17, 15) is 22.8 Å². The Morgan fingerprint density at radius 1 is 1.34 bits per heavy atom. The van der Waals surface area contributed by atoms with E-state index in [1.54, 1.807) is 17.1 Å². The van der Waals surface area contributed by atoms with Crippen molar-refractivity contribution in [2.24, 2.45) is 0 Å². The number of halogens is 3. The maximum atomic E-state index is 13.1. The molecule has 0 radical (unpaired) electrons. The summed E-state index contributed by atoms with van der Waals surface area (Å²) in [5.74, 6) is 2.30. The Balaban J connectivity index is 1.79. The van der Waals surface area contributed by atoms with Crippen LogP contribution in [0.1, 0.15) is 29.3 Å². The molecule has 0 unspecified atom stereocenters. The van der Waals surface area contributed by atoms with Gasteiger partial charge in [-0.25, -0.2) is 4.79 Å². The highest BCUT2D eigenvalue weighted by molar-refractivity contribution is 7.80. The molecule has 2 aromatic rings. The molecule has 1 aromatic heterocycles. The van der Waals surface area contributed by atoms with Crippen LogP contribution in [-0.2, 0) is 20.4 Å². The molecule has 3 atom stereocenters. The van der Waals surface area contributed by atoms with Gasteiger partial charge in [0.1, 0.15) is 31.1 Å². The number of hydrogen-bond donors (Lipinski definition) is 1. The zero-order valence-electron chi connectivity index (χ0n) is 16.8. The van der Waals surface area contributed by atoms with Crippen LogP contribution >= 0.6 is 12.2 Å². The van der Waals surface area contributed by atoms with Crippen LogP contribution in [0.4, 0.5) is 13.2 Å². The molecule has 0 bridgehead atoms. The number of nitrogens with zero attached hydrogens (tertiary/aromatic N) is 1. The highest BCUT2D eigenvalue weighted by Gasteiger charge is 2.40. The highest BCUT2D eigenvalue weighted by Crippen LogP contribution is 2.32. The summed E-state index contributed by atoms with van der Waals surface area (Å²) in [5, 5.41) is 0.202. The second kappa shape index (κ2) is 9.68. The fraction of sp³-hybridized carbons (Fsp3) is 0.381. The molecule has 1 aliphatic rings. The van der Waals surface area contributed by atoms with Crippen LogP contribution < -0.4 is 11.2 Å². The van der Waals surface area contributed by atoms with Gasteiger partial charge in [-0.15, -0.1) is 6.42 Å². The van der Waals surface area contributed by atoms with E-state index >= 15 is 0 Å². The number of hydrogen-bond acceptors (Lipinski definition) is 6. The molecular formula is C21H19F3N2O5S. The zero-order valence-corrected chi connectivity index (χ0v) is 17.7. The number of rotatable bonds is 6. The molecule has 3 rings (SSSR count). The second-order valence-corrected chi connectivity index (χ2v) is 7.46.